The fourth-order valence-corrected chi connectivity index (χ4v) is 2.58. The number of aliphatic carboxylic acids is 1. The van der Waals surface area contributed by atoms with Crippen molar-refractivity contribution in [1.82, 2.24) is 5.32 Å². The normalized spacial score (nSPS) is 14.1. The fraction of sp³-hybridized carbons (Fsp3) is 0.125. The minimum absolute atomic E-state index is 0.0897. The molecule has 0 atom stereocenters. The summed E-state index contributed by atoms with van der Waals surface area (Å²) in [6, 6.07) is 9.99. The Labute approximate surface area is 124 Å². The van der Waals surface area contributed by atoms with E-state index in [0.29, 0.717) is 11.1 Å². The van der Waals surface area contributed by atoms with Gasteiger partial charge in [0.1, 0.15) is 6.54 Å². The Morgan fingerprint density at radius 2 is 1.73 bits per heavy atom. The quantitative estimate of drug-likeness (QED) is 0.916. The predicted molar refractivity (Wildman–Crippen MR) is 74.8 cm³/mol. The summed E-state index contributed by atoms with van der Waals surface area (Å²) >= 11 is 0. The Kier molecular flexibility index (Phi) is 3.16. The van der Waals surface area contributed by atoms with Gasteiger partial charge in [0, 0.05) is 16.7 Å². The molecule has 0 fully saturated rings. The van der Waals surface area contributed by atoms with E-state index < -0.39 is 24.3 Å². The Morgan fingerprint density at radius 3 is 2.45 bits per heavy atom. The van der Waals surface area contributed by atoms with Crippen molar-refractivity contribution in [3.8, 4) is 11.1 Å². The maximum atomic E-state index is 14.3. The van der Waals surface area contributed by atoms with Crippen molar-refractivity contribution < 1.29 is 23.5 Å². The summed E-state index contributed by atoms with van der Waals surface area (Å²) in [5.41, 5.74) is 0.586. The first kappa shape index (κ1) is 14.2. The molecule has 0 unspecified atom stereocenters. The number of hydrogen-bond acceptors (Lipinski definition) is 2. The second-order valence-corrected chi connectivity index (χ2v) is 4.96. The van der Waals surface area contributed by atoms with Crippen LogP contribution in [0.1, 0.15) is 21.5 Å². The van der Waals surface area contributed by atoms with Gasteiger partial charge in [-0.25, -0.2) is 0 Å². The molecule has 112 valence electrons. The molecule has 6 heteroatoms. The second kappa shape index (κ2) is 4.91. The van der Waals surface area contributed by atoms with E-state index in [9.17, 15) is 18.4 Å². The van der Waals surface area contributed by atoms with Crippen LogP contribution in [-0.4, -0.2) is 23.5 Å². The Balaban J connectivity index is 2.03. The number of halogens is 2. The molecule has 0 saturated heterocycles. The SMILES string of the molecule is O=C(O)CNC(=O)c1ccc2c(c1)-c1ccccc1C2(F)F. The number of carboxylic acids is 1. The molecule has 3 rings (SSSR count). The number of carbonyl (C=O) groups is 2. The van der Waals surface area contributed by atoms with Crippen molar-refractivity contribution in [1.29, 1.82) is 0 Å². The standard InChI is InChI=1S/C16H11F2NO3/c17-16(18)12-4-2-1-3-10(12)11-7-9(5-6-13(11)16)15(22)19-8-14(20)21/h1-7H,8H2,(H,19,22)(H,20,21). The Morgan fingerprint density at radius 1 is 1.05 bits per heavy atom. The van der Waals surface area contributed by atoms with Crippen LogP contribution in [0, 0.1) is 0 Å². The van der Waals surface area contributed by atoms with Gasteiger partial charge in [-0.15, -0.1) is 0 Å². The van der Waals surface area contributed by atoms with Gasteiger partial charge < -0.3 is 10.4 Å². The maximum Gasteiger partial charge on any atom is 0.322 e. The molecule has 2 aromatic carbocycles. The monoisotopic (exact) mass is 303 g/mol. The number of fused-ring (bicyclic) bond motifs is 3. The summed E-state index contributed by atoms with van der Waals surface area (Å²) in [6.45, 7) is -0.525. The third-order valence-electron chi connectivity index (χ3n) is 3.58. The molecule has 0 heterocycles. The summed E-state index contributed by atoms with van der Waals surface area (Å²) < 4.78 is 28.7. The number of nitrogens with one attached hydrogen (secondary N) is 1. The van der Waals surface area contributed by atoms with Gasteiger partial charge in [0.05, 0.1) is 0 Å². The van der Waals surface area contributed by atoms with E-state index in [2.05, 4.69) is 5.32 Å². The van der Waals surface area contributed by atoms with Gasteiger partial charge >= 0.3 is 5.97 Å². The third-order valence-corrected chi connectivity index (χ3v) is 3.58. The zero-order chi connectivity index (χ0) is 15.9. The number of rotatable bonds is 3. The molecule has 0 radical (unpaired) electrons. The minimum Gasteiger partial charge on any atom is -0.480 e. The molecule has 0 bridgehead atoms. The molecule has 2 N–H and O–H groups in total. The molecular weight excluding hydrogens is 292 g/mol. The zero-order valence-corrected chi connectivity index (χ0v) is 11.3. The number of alkyl halides is 2. The van der Waals surface area contributed by atoms with Gasteiger partial charge in [-0.3, -0.25) is 9.59 Å². The van der Waals surface area contributed by atoms with E-state index in [-0.39, 0.29) is 16.7 Å². The molecule has 0 saturated carbocycles. The van der Waals surface area contributed by atoms with Crippen molar-refractivity contribution >= 4 is 11.9 Å². The number of benzene rings is 2. The number of carbonyl (C=O) groups excluding carboxylic acids is 1. The van der Waals surface area contributed by atoms with Crippen molar-refractivity contribution in [2.24, 2.45) is 0 Å². The van der Waals surface area contributed by atoms with Crippen LogP contribution in [0.15, 0.2) is 42.5 Å². The van der Waals surface area contributed by atoms with Crippen molar-refractivity contribution in [2.45, 2.75) is 5.92 Å². The van der Waals surface area contributed by atoms with Crippen LogP contribution in [0.3, 0.4) is 0 Å². The van der Waals surface area contributed by atoms with Gasteiger partial charge in [-0.1, -0.05) is 30.3 Å². The van der Waals surface area contributed by atoms with E-state index >= 15 is 0 Å². The van der Waals surface area contributed by atoms with E-state index in [1.54, 1.807) is 18.2 Å². The van der Waals surface area contributed by atoms with Gasteiger partial charge in [0.2, 0.25) is 0 Å². The van der Waals surface area contributed by atoms with Gasteiger partial charge in [-0.05, 0) is 23.3 Å². The molecule has 2 aromatic rings. The first-order chi connectivity index (χ1) is 10.4. The molecule has 22 heavy (non-hydrogen) atoms. The molecule has 4 nitrogen and oxygen atoms in total. The third kappa shape index (κ3) is 2.13. The highest BCUT2D eigenvalue weighted by Crippen LogP contribution is 2.50. The van der Waals surface area contributed by atoms with Crippen LogP contribution in [0.5, 0.6) is 0 Å². The average molecular weight is 303 g/mol. The van der Waals surface area contributed by atoms with Gasteiger partial charge in [0.15, 0.2) is 0 Å². The van der Waals surface area contributed by atoms with Crippen LogP contribution in [-0.2, 0) is 10.7 Å². The number of hydrogen-bond donors (Lipinski definition) is 2. The highest BCUT2D eigenvalue weighted by Gasteiger charge is 2.44. The van der Waals surface area contributed by atoms with E-state index in [1.165, 1.54) is 24.3 Å². The molecule has 1 aliphatic rings. The lowest BCUT2D eigenvalue weighted by Gasteiger charge is -2.12. The van der Waals surface area contributed by atoms with Crippen molar-refractivity contribution in [3.63, 3.8) is 0 Å². The van der Waals surface area contributed by atoms with Gasteiger partial charge in [-0.2, -0.15) is 8.78 Å². The summed E-state index contributed by atoms with van der Waals surface area (Å²) in [6.07, 6.45) is 0. The molecule has 0 aliphatic heterocycles. The average Bonchev–Trinajstić information content (AvgIpc) is 2.73. The number of amides is 1. The lowest BCUT2D eigenvalue weighted by Crippen LogP contribution is -2.29. The van der Waals surface area contributed by atoms with Crippen molar-refractivity contribution in [2.75, 3.05) is 6.54 Å². The minimum atomic E-state index is -3.10. The molecular formula is C16H11F2NO3. The first-order valence-electron chi connectivity index (χ1n) is 6.53. The highest BCUT2D eigenvalue weighted by atomic mass is 19.3. The Bertz CT molecular complexity index is 787. The fourth-order valence-electron chi connectivity index (χ4n) is 2.58. The lowest BCUT2D eigenvalue weighted by molar-refractivity contribution is -0.135. The largest absolute Gasteiger partial charge is 0.480 e. The Hall–Kier alpha value is -2.76. The van der Waals surface area contributed by atoms with Crippen LogP contribution in [0.4, 0.5) is 8.78 Å². The van der Waals surface area contributed by atoms with Crippen LogP contribution in [0.2, 0.25) is 0 Å². The zero-order valence-electron chi connectivity index (χ0n) is 11.3. The lowest BCUT2D eigenvalue weighted by atomic mass is 10.0. The maximum absolute atomic E-state index is 14.3. The highest BCUT2D eigenvalue weighted by molar-refractivity contribution is 5.98. The van der Waals surface area contributed by atoms with E-state index in [4.69, 9.17) is 5.11 Å². The van der Waals surface area contributed by atoms with E-state index in [1.807, 2.05) is 0 Å². The summed E-state index contributed by atoms with van der Waals surface area (Å²) in [7, 11) is 0. The predicted octanol–water partition coefficient (Wildman–Crippen LogP) is 2.62. The summed E-state index contributed by atoms with van der Waals surface area (Å²) in [5.74, 6) is -4.88. The molecule has 1 aliphatic carbocycles. The van der Waals surface area contributed by atoms with Crippen LogP contribution in [0.25, 0.3) is 11.1 Å². The summed E-state index contributed by atoms with van der Waals surface area (Å²) in [4.78, 5) is 22.3. The molecule has 0 spiro atoms. The molecule has 0 aromatic heterocycles. The van der Waals surface area contributed by atoms with E-state index in [0.717, 1.165) is 0 Å². The number of carboxylic acid groups (broad SMARTS) is 1. The van der Waals surface area contributed by atoms with Crippen LogP contribution >= 0.6 is 0 Å². The van der Waals surface area contributed by atoms with Crippen LogP contribution < -0.4 is 5.32 Å². The van der Waals surface area contributed by atoms with Gasteiger partial charge in [0.25, 0.3) is 11.8 Å². The smallest absolute Gasteiger partial charge is 0.322 e. The molecule has 1 amide bonds. The second-order valence-electron chi connectivity index (χ2n) is 4.96. The topological polar surface area (TPSA) is 66.4 Å². The summed E-state index contributed by atoms with van der Waals surface area (Å²) in [5, 5.41) is 10.8. The first-order valence-corrected chi connectivity index (χ1v) is 6.53. The van der Waals surface area contributed by atoms with Crippen molar-refractivity contribution in [3.05, 3.63) is 59.2 Å².